The van der Waals surface area contributed by atoms with Crippen molar-refractivity contribution < 1.29 is 13.2 Å². The van der Waals surface area contributed by atoms with Gasteiger partial charge in [0.05, 0.1) is 4.90 Å². The summed E-state index contributed by atoms with van der Waals surface area (Å²) >= 11 is 3.45. The number of nitrogens with two attached hydrogens (primary N) is 1. The molecule has 0 aliphatic heterocycles. The van der Waals surface area contributed by atoms with Gasteiger partial charge in [-0.1, -0.05) is 34.1 Å². The zero-order valence-corrected chi connectivity index (χ0v) is 16.2. The number of nitrogens with zero attached hydrogens (tertiary/aromatic N) is 1. The van der Waals surface area contributed by atoms with Crippen molar-refractivity contribution in [1.29, 1.82) is 0 Å². The zero-order valence-electron chi connectivity index (χ0n) is 13.8. The van der Waals surface area contributed by atoms with E-state index in [0.717, 1.165) is 28.4 Å². The first-order valence-corrected chi connectivity index (χ1v) is 10.3. The van der Waals surface area contributed by atoms with Gasteiger partial charge < -0.3 is 4.90 Å². The molecule has 25 heavy (non-hydrogen) atoms. The molecule has 0 atom stereocenters. The summed E-state index contributed by atoms with van der Waals surface area (Å²) in [4.78, 5) is 14.9. The van der Waals surface area contributed by atoms with Gasteiger partial charge in [-0.15, -0.1) is 0 Å². The third-order valence-corrected chi connectivity index (χ3v) is 5.66. The maximum absolute atomic E-state index is 13.1. The van der Waals surface area contributed by atoms with E-state index in [-0.39, 0.29) is 16.8 Å². The van der Waals surface area contributed by atoms with E-state index in [4.69, 9.17) is 5.14 Å². The first-order chi connectivity index (χ1) is 11.8. The lowest BCUT2D eigenvalue weighted by Crippen LogP contribution is -2.33. The van der Waals surface area contributed by atoms with E-state index in [0.29, 0.717) is 12.1 Å². The second-order valence-corrected chi connectivity index (χ2v) is 8.79. The lowest BCUT2D eigenvalue weighted by molar-refractivity contribution is 0.0729. The SMILES string of the molecule is Cc1ccc(S(N)(=O)=O)cc1C(=O)N(Cc1cccc(Br)c1)C1CC1. The van der Waals surface area contributed by atoms with Gasteiger partial charge in [-0.05, 0) is 55.2 Å². The molecule has 2 aromatic carbocycles. The van der Waals surface area contributed by atoms with E-state index >= 15 is 0 Å². The molecule has 0 spiro atoms. The minimum absolute atomic E-state index is 0.0420. The predicted molar refractivity (Wildman–Crippen MR) is 99.6 cm³/mol. The molecule has 1 saturated carbocycles. The Labute approximate surface area is 156 Å². The van der Waals surface area contributed by atoms with Crippen molar-refractivity contribution >= 4 is 31.9 Å². The smallest absolute Gasteiger partial charge is 0.254 e. The summed E-state index contributed by atoms with van der Waals surface area (Å²) in [5.74, 6) is -0.162. The molecule has 0 unspecified atom stereocenters. The maximum Gasteiger partial charge on any atom is 0.254 e. The molecule has 2 N–H and O–H groups in total. The molecule has 0 aromatic heterocycles. The fourth-order valence-electron chi connectivity index (χ4n) is 2.75. The molecule has 1 aliphatic rings. The summed E-state index contributed by atoms with van der Waals surface area (Å²) in [6.45, 7) is 2.28. The van der Waals surface area contributed by atoms with Crippen molar-refractivity contribution in [3.8, 4) is 0 Å². The third kappa shape index (κ3) is 4.29. The van der Waals surface area contributed by atoms with Crippen molar-refractivity contribution in [3.05, 3.63) is 63.6 Å². The first kappa shape index (κ1) is 18.1. The molecule has 5 nitrogen and oxygen atoms in total. The zero-order chi connectivity index (χ0) is 18.2. The molecule has 1 amide bonds. The molecule has 0 heterocycles. The van der Waals surface area contributed by atoms with Crippen LogP contribution in [0.5, 0.6) is 0 Å². The van der Waals surface area contributed by atoms with Crippen LogP contribution < -0.4 is 5.14 Å². The Morgan fingerprint density at radius 2 is 1.96 bits per heavy atom. The number of primary sulfonamides is 1. The lowest BCUT2D eigenvalue weighted by Gasteiger charge is -2.24. The number of hydrogen-bond acceptors (Lipinski definition) is 3. The van der Waals surface area contributed by atoms with Gasteiger partial charge in [0.15, 0.2) is 0 Å². The summed E-state index contributed by atoms with van der Waals surface area (Å²) in [5, 5.41) is 5.21. The number of amides is 1. The Morgan fingerprint density at radius 3 is 2.56 bits per heavy atom. The topological polar surface area (TPSA) is 80.5 Å². The largest absolute Gasteiger partial charge is 0.331 e. The Balaban J connectivity index is 1.94. The number of benzene rings is 2. The molecule has 132 valence electrons. The minimum Gasteiger partial charge on any atom is -0.331 e. The van der Waals surface area contributed by atoms with Crippen molar-refractivity contribution in [2.24, 2.45) is 5.14 Å². The van der Waals surface area contributed by atoms with E-state index < -0.39 is 10.0 Å². The average Bonchev–Trinajstić information content (AvgIpc) is 3.36. The fourth-order valence-corrected chi connectivity index (χ4v) is 3.73. The Morgan fingerprint density at radius 1 is 1.24 bits per heavy atom. The fraction of sp³-hybridized carbons (Fsp3) is 0.278. The van der Waals surface area contributed by atoms with Crippen LogP contribution in [0.25, 0.3) is 0 Å². The van der Waals surface area contributed by atoms with Crippen LogP contribution in [0.3, 0.4) is 0 Å². The molecule has 1 fully saturated rings. The highest BCUT2D eigenvalue weighted by molar-refractivity contribution is 9.10. The second-order valence-electron chi connectivity index (χ2n) is 6.32. The summed E-state index contributed by atoms with van der Waals surface area (Å²) in [5.41, 5.74) is 2.14. The quantitative estimate of drug-likeness (QED) is 0.802. The molecular weight excluding hydrogens is 404 g/mol. The van der Waals surface area contributed by atoms with Crippen LogP contribution in [0.2, 0.25) is 0 Å². The highest BCUT2D eigenvalue weighted by Gasteiger charge is 2.34. The number of hydrogen-bond donors (Lipinski definition) is 1. The predicted octanol–water partition coefficient (Wildman–Crippen LogP) is 3.21. The van der Waals surface area contributed by atoms with Gasteiger partial charge in [-0.2, -0.15) is 0 Å². The van der Waals surface area contributed by atoms with Gasteiger partial charge in [0.2, 0.25) is 10.0 Å². The lowest BCUT2D eigenvalue weighted by atomic mass is 10.1. The minimum atomic E-state index is -3.85. The van der Waals surface area contributed by atoms with E-state index in [2.05, 4.69) is 15.9 Å². The third-order valence-electron chi connectivity index (χ3n) is 4.26. The Hall–Kier alpha value is -1.70. The molecule has 0 bridgehead atoms. The number of carbonyl (C=O) groups is 1. The van der Waals surface area contributed by atoms with Gasteiger partial charge in [0.1, 0.15) is 0 Å². The summed E-state index contributed by atoms with van der Waals surface area (Å²) in [6.07, 6.45) is 1.93. The van der Waals surface area contributed by atoms with Crippen molar-refractivity contribution in [2.75, 3.05) is 0 Å². The highest BCUT2D eigenvalue weighted by atomic mass is 79.9. The number of sulfonamides is 1. The van der Waals surface area contributed by atoms with Crippen molar-refractivity contribution in [1.82, 2.24) is 4.90 Å². The second kappa shape index (κ2) is 6.90. The van der Waals surface area contributed by atoms with Crippen molar-refractivity contribution in [2.45, 2.75) is 37.2 Å². The molecule has 0 radical (unpaired) electrons. The van der Waals surface area contributed by atoms with Gasteiger partial charge >= 0.3 is 0 Å². The van der Waals surface area contributed by atoms with Crippen LogP contribution in [0.4, 0.5) is 0 Å². The maximum atomic E-state index is 13.1. The van der Waals surface area contributed by atoms with Gasteiger partial charge in [0, 0.05) is 22.6 Å². The normalized spacial score (nSPS) is 14.4. The van der Waals surface area contributed by atoms with E-state index in [9.17, 15) is 13.2 Å². The van der Waals surface area contributed by atoms with E-state index in [1.165, 1.54) is 12.1 Å². The van der Waals surface area contributed by atoms with Gasteiger partial charge in [0.25, 0.3) is 5.91 Å². The number of rotatable bonds is 5. The monoisotopic (exact) mass is 422 g/mol. The van der Waals surface area contributed by atoms with E-state index in [1.807, 2.05) is 29.2 Å². The molecule has 7 heteroatoms. The Bertz CT molecular complexity index is 924. The number of carbonyl (C=O) groups excluding carboxylic acids is 1. The van der Waals surface area contributed by atoms with Crippen molar-refractivity contribution in [3.63, 3.8) is 0 Å². The number of halogens is 1. The van der Waals surface area contributed by atoms with Crippen LogP contribution in [0.15, 0.2) is 51.8 Å². The summed E-state index contributed by atoms with van der Waals surface area (Å²) in [6, 6.07) is 12.5. The Kier molecular flexibility index (Phi) is 4.99. The van der Waals surface area contributed by atoms with Crippen LogP contribution >= 0.6 is 15.9 Å². The summed E-state index contributed by atoms with van der Waals surface area (Å²) in [7, 11) is -3.85. The number of aryl methyl sites for hydroxylation is 1. The molecule has 3 rings (SSSR count). The van der Waals surface area contributed by atoms with Crippen LogP contribution in [-0.2, 0) is 16.6 Å². The molecular formula is C18H19BrN2O3S. The standard InChI is InChI=1S/C18H19BrN2O3S/c1-12-5-8-16(25(20,23)24)10-17(12)18(22)21(15-6-7-15)11-13-3-2-4-14(19)9-13/h2-5,8-10,15H,6-7,11H2,1H3,(H2,20,23,24). The van der Waals surface area contributed by atoms with Crippen LogP contribution in [0, 0.1) is 6.92 Å². The average molecular weight is 423 g/mol. The molecule has 2 aromatic rings. The van der Waals surface area contributed by atoms with Gasteiger partial charge in [-0.25, -0.2) is 13.6 Å². The summed E-state index contributed by atoms with van der Waals surface area (Å²) < 4.78 is 24.2. The molecule has 0 saturated heterocycles. The van der Waals surface area contributed by atoms with Gasteiger partial charge in [-0.3, -0.25) is 4.79 Å². The van der Waals surface area contributed by atoms with Crippen LogP contribution in [0.1, 0.15) is 34.3 Å². The highest BCUT2D eigenvalue weighted by Crippen LogP contribution is 2.31. The van der Waals surface area contributed by atoms with Crippen LogP contribution in [-0.4, -0.2) is 25.3 Å². The first-order valence-electron chi connectivity index (χ1n) is 7.94. The molecule has 1 aliphatic carbocycles. The van der Waals surface area contributed by atoms with E-state index in [1.54, 1.807) is 13.0 Å².